The molecule has 0 aliphatic rings. The van der Waals surface area contributed by atoms with E-state index < -0.39 is 0 Å². The van der Waals surface area contributed by atoms with E-state index in [1.54, 1.807) is 32.3 Å². The summed E-state index contributed by atoms with van der Waals surface area (Å²) >= 11 is 6.24. The van der Waals surface area contributed by atoms with E-state index in [4.69, 9.17) is 21.1 Å². The molecule has 0 heterocycles. The van der Waals surface area contributed by atoms with Crippen molar-refractivity contribution in [1.29, 1.82) is 0 Å². The number of hydrogen-bond acceptors (Lipinski definition) is 3. The van der Waals surface area contributed by atoms with Crippen LogP contribution in [0.15, 0.2) is 42.5 Å². The summed E-state index contributed by atoms with van der Waals surface area (Å²) in [7, 11) is 3.35. The lowest BCUT2D eigenvalue weighted by Crippen LogP contribution is -2.27. The van der Waals surface area contributed by atoms with Crippen molar-refractivity contribution in [2.45, 2.75) is 19.8 Å². The van der Waals surface area contributed by atoms with E-state index >= 15 is 0 Å². The van der Waals surface area contributed by atoms with Crippen LogP contribution in [0.5, 0.6) is 11.5 Å². The van der Waals surface area contributed by atoms with Crippen molar-refractivity contribution >= 4 is 23.3 Å². The molecule has 0 aliphatic carbocycles. The minimum Gasteiger partial charge on any atom is -0.494 e. The average Bonchev–Trinajstić information content (AvgIpc) is 2.62. The second kappa shape index (κ2) is 9.92. The fourth-order valence-corrected chi connectivity index (χ4v) is 2.42. The number of rotatable bonds is 8. The van der Waals surface area contributed by atoms with Crippen molar-refractivity contribution in [3.63, 3.8) is 0 Å². The third-order valence-electron chi connectivity index (χ3n) is 3.63. The summed E-state index contributed by atoms with van der Waals surface area (Å²) in [6.07, 6.45) is 1.76. The van der Waals surface area contributed by atoms with Crippen molar-refractivity contribution in [2.24, 2.45) is 0 Å². The second-order valence-corrected chi connectivity index (χ2v) is 6.47. The molecule has 5 nitrogen and oxygen atoms in total. The molecule has 0 spiro atoms. The first-order valence-corrected chi connectivity index (χ1v) is 8.99. The van der Waals surface area contributed by atoms with E-state index in [1.807, 2.05) is 24.3 Å². The Hall–Kier alpha value is -2.40. The number of urea groups is 1. The van der Waals surface area contributed by atoms with Crippen LogP contribution in [0.1, 0.15) is 18.9 Å². The minimum absolute atomic E-state index is 0.207. The largest absolute Gasteiger partial charge is 0.494 e. The first kappa shape index (κ1) is 19.9. The predicted octanol–water partition coefficient (Wildman–Crippen LogP) is 4.84. The molecule has 2 rings (SSSR count). The minimum atomic E-state index is -0.207. The molecule has 2 amide bonds. The molecule has 0 atom stereocenters. The molecule has 0 aliphatic heterocycles. The van der Waals surface area contributed by atoms with Gasteiger partial charge in [0.2, 0.25) is 0 Å². The van der Waals surface area contributed by atoms with Gasteiger partial charge in [-0.15, -0.1) is 0 Å². The number of carbonyl (C=O) groups excluding carboxylic acids is 1. The number of nitrogens with one attached hydrogen (secondary N) is 1. The smallest absolute Gasteiger partial charge is 0.321 e. The Morgan fingerprint density at radius 1 is 1.08 bits per heavy atom. The molecule has 2 aromatic rings. The van der Waals surface area contributed by atoms with Crippen LogP contribution in [0, 0.1) is 0 Å². The molecule has 0 fully saturated rings. The highest BCUT2D eigenvalue weighted by atomic mass is 35.5. The van der Waals surface area contributed by atoms with Gasteiger partial charge >= 0.3 is 6.03 Å². The average molecular weight is 377 g/mol. The highest BCUT2D eigenvalue weighted by Crippen LogP contribution is 2.28. The Bertz CT molecular complexity index is 717. The van der Waals surface area contributed by atoms with Crippen LogP contribution in [0.2, 0.25) is 5.02 Å². The lowest BCUT2D eigenvalue weighted by Gasteiger charge is -2.13. The predicted molar refractivity (Wildman–Crippen MR) is 106 cm³/mol. The van der Waals surface area contributed by atoms with Crippen LogP contribution in [-0.2, 0) is 6.42 Å². The van der Waals surface area contributed by atoms with Gasteiger partial charge in [-0.2, -0.15) is 0 Å². The van der Waals surface area contributed by atoms with Crippen molar-refractivity contribution < 1.29 is 14.3 Å². The fraction of sp³-hybridized carbons (Fsp3) is 0.350. The number of ether oxygens (including phenoxy) is 2. The van der Waals surface area contributed by atoms with Crippen molar-refractivity contribution in [1.82, 2.24) is 4.90 Å². The van der Waals surface area contributed by atoms with Crippen LogP contribution in [0.25, 0.3) is 0 Å². The van der Waals surface area contributed by atoms with Gasteiger partial charge in [-0.1, -0.05) is 30.7 Å². The van der Waals surface area contributed by atoms with Crippen LogP contribution in [0.4, 0.5) is 10.5 Å². The van der Waals surface area contributed by atoms with Gasteiger partial charge in [-0.05, 0) is 42.3 Å². The maximum atomic E-state index is 11.7. The lowest BCUT2D eigenvalue weighted by molar-refractivity contribution is 0.230. The molecule has 1 N–H and O–H groups in total. The van der Waals surface area contributed by atoms with Crippen molar-refractivity contribution in [2.75, 3.05) is 32.6 Å². The van der Waals surface area contributed by atoms with Gasteiger partial charge in [0.25, 0.3) is 0 Å². The SMILES string of the molecule is CCCOc1ccc(CCOc2ccc(NC(=O)N(C)C)cc2Cl)cc1. The van der Waals surface area contributed by atoms with E-state index in [1.165, 1.54) is 10.5 Å². The van der Waals surface area contributed by atoms with E-state index in [0.29, 0.717) is 23.1 Å². The molecule has 2 aromatic carbocycles. The van der Waals surface area contributed by atoms with Crippen LogP contribution in [-0.4, -0.2) is 38.2 Å². The maximum Gasteiger partial charge on any atom is 0.321 e. The van der Waals surface area contributed by atoms with E-state index in [0.717, 1.165) is 25.2 Å². The summed E-state index contributed by atoms with van der Waals surface area (Å²) in [5.74, 6) is 1.48. The molecule has 0 radical (unpaired) electrons. The first-order valence-electron chi connectivity index (χ1n) is 8.62. The second-order valence-electron chi connectivity index (χ2n) is 6.06. The number of halogens is 1. The summed E-state index contributed by atoms with van der Waals surface area (Å²) in [6.45, 7) is 3.32. The zero-order chi connectivity index (χ0) is 18.9. The maximum absolute atomic E-state index is 11.7. The molecule has 0 bridgehead atoms. The van der Waals surface area contributed by atoms with Gasteiger partial charge in [0, 0.05) is 26.2 Å². The molecule has 0 aromatic heterocycles. The standard InChI is InChI=1S/C20H25ClN2O3/c1-4-12-25-17-8-5-15(6-9-17)11-13-26-19-10-7-16(14-18(19)21)22-20(24)23(2)3/h5-10,14H,4,11-13H2,1-3H3,(H,22,24). The molecule has 6 heteroatoms. The summed E-state index contributed by atoms with van der Waals surface area (Å²) < 4.78 is 11.3. The van der Waals surface area contributed by atoms with Gasteiger partial charge in [0.1, 0.15) is 11.5 Å². The topological polar surface area (TPSA) is 50.8 Å². The molecule has 0 saturated heterocycles. The summed E-state index contributed by atoms with van der Waals surface area (Å²) in [5.41, 5.74) is 1.79. The van der Waals surface area contributed by atoms with Crippen molar-refractivity contribution in [3.05, 3.63) is 53.1 Å². The number of hydrogen-bond donors (Lipinski definition) is 1. The fourth-order valence-electron chi connectivity index (χ4n) is 2.18. The third kappa shape index (κ3) is 6.15. The monoisotopic (exact) mass is 376 g/mol. The first-order chi connectivity index (χ1) is 12.5. The molecular weight excluding hydrogens is 352 g/mol. The number of benzene rings is 2. The number of anilines is 1. The van der Waals surface area contributed by atoms with Crippen molar-refractivity contribution in [3.8, 4) is 11.5 Å². The van der Waals surface area contributed by atoms with Gasteiger partial charge < -0.3 is 19.7 Å². The Morgan fingerprint density at radius 2 is 1.81 bits per heavy atom. The van der Waals surface area contributed by atoms with E-state index in [9.17, 15) is 4.79 Å². The number of nitrogens with zero attached hydrogens (tertiary/aromatic N) is 1. The highest BCUT2D eigenvalue weighted by molar-refractivity contribution is 6.32. The van der Waals surface area contributed by atoms with Gasteiger partial charge in [0.15, 0.2) is 0 Å². The highest BCUT2D eigenvalue weighted by Gasteiger charge is 2.07. The zero-order valence-corrected chi connectivity index (χ0v) is 16.2. The molecule has 0 saturated carbocycles. The Balaban J connectivity index is 1.84. The summed E-state index contributed by atoms with van der Waals surface area (Å²) in [6, 6.07) is 13.0. The molecule has 26 heavy (non-hydrogen) atoms. The van der Waals surface area contributed by atoms with Gasteiger partial charge in [0.05, 0.1) is 18.2 Å². The lowest BCUT2D eigenvalue weighted by atomic mass is 10.1. The Labute approximate surface area is 159 Å². The number of carbonyl (C=O) groups is 1. The van der Waals surface area contributed by atoms with E-state index in [2.05, 4.69) is 12.2 Å². The quantitative estimate of drug-likeness (QED) is 0.716. The molecule has 0 unspecified atom stereocenters. The Morgan fingerprint density at radius 3 is 2.42 bits per heavy atom. The summed E-state index contributed by atoms with van der Waals surface area (Å²) in [5, 5.41) is 3.21. The van der Waals surface area contributed by atoms with Crippen LogP contribution < -0.4 is 14.8 Å². The third-order valence-corrected chi connectivity index (χ3v) is 3.93. The Kier molecular flexibility index (Phi) is 7.60. The van der Waals surface area contributed by atoms with Crippen LogP contribution in [0.3, 0.4) is 0 Å². The van der Waals surface area contributed by atoms with Gasteiger partial charge in [-0.3, -0.25) is 0 Å². The van der Waals surface area contributed by atoms with E-state index in [-0.39, 0.29) is 6.03 Å². The summed E-state index contributed by atoms with van der Waals surface area (Å²) in [4.78, 5) is 13.1. The van der Waals surface area contributed by atoms with Gasteiger partial charge in [-0.25, -0.2) is 4.79 Å². The molecular formula is C20H25ClN2O3. The molecule has 140 valence electrons. The van der Waals surface area contributed by atoms with Crippen LogP contribution >= 0.6 is 11.6 Å². The normalized spacial score (nSPS) is 10.3. The zero-order valence-electron chi connectivity index (χ0n) is 15.4. The number of amides is 2.